The minimum Gasteiger partial charge on any atom is -0.474 e. The number of carbonyl (C=O) groups is 1. The van der Waals surface area contributed by atoms with Gasteiger partial charge in [0.05, 0.1) is 6.10 Å². The fraction of sp³-hybridized carbons (Fsp3) is 0.625. The number of carboxylic acid groups (broad SMARTS) is 1. The number of ether oxygens (including phenoxy) is 1. The highest BCUT2D eigenvalue weighted by molar-refractivity contribution is 6.18. The minimum atomic E-state index is -1.24. The van der Waals surface area contributed by atoms with E-state index < -0.39 is 11.9 Å². The van der Waals surface area contributed by atoms with Crippen LogP contribution in [0.15, 0.2) is 4.42 Å². The molecule has 0 aromatic carbocycles. The number of halogens is 1. The minimum absolute atomic E-state index is 0.0168. The van der Waals surface area contributed by atoms with Crippen LogP contribution < -0.4 is 0 Å². The zero-order valence-electron chi connectivity index (χ0n) is 7.72. The monoisotopic (exact) mass is 232 g/mol. The summed E-state index contributed by atoms with van der Waals surface area (Å²) in [5.74, 6) is -1.03. The van der Waals surface area contributed by atoms with Gasteiger partial charge in [-0.3, -0.25) is 0 Å². The molecule has 0 aliphatic carbocycles. The Kier molecular flexibility index (Phi) is 2.88. The van der Waals surface area contributed by atoms with Crippen LogP contribution in [0.5, 0.6) is 0 Å². The van der Waals surface area contributed by atoms with Crippen molar-refractivity contribution in [2.45, 2.75) is 25.0 Å². The van der Waals surface area contributed by atoms with E-state index in [2.05, 4.69) is 10.2 Å². The first-order chi connectivity index (χ1) is 7.20. The number of aromatic nitrogens is 2. The van der Waals surface area contributed by atoms with Crippen molar-refractivity contribution < 1.29 is 19.1 Å². The van der Waals surface area contributed by atoms with Crippen LogP contribution in [0, 0.1) is 0 Å². The third-order valence-electron chi connectivity index (χ3n) is 2.18. The highest BCUT2D eigenvalue weighted by Crippen LogP contribution is 2.32. The van der Waals surface area contributed by atoms with E-state index in [1.165, 1.54) is 0 Å². The Labute approximate surface area is 90.2 Å². The van der Waals surface area contributed by atoms with E-state index in [-0.39, 0.29) is 18.1 Å². The fourth-order valence-electron chi connectivity index (χ4n) is 1.45. The Morgan fingerprint density at radius 3 is 2.87 bits per heavy atom. The molecule has 6 nitrogen and oxygen atoms in total. The highest BCUT2D eigenvalue weighted by atomic mass is 35.5. The molecule has 0 spiro atoms. The third kappa shape index (κ3) is 2.10. The Morgan fingerprint density at radius 1 is 1.53 bits per heavy atom. The first-order valence-corrected chi connectivity index (χ1v) is 5.02. The number of nitrogens with zero attached hydrogens (tertiary/aromatic N) is 2. The molecule has 7 heteroatoms. The van der Waals surface area contributed by atoms with Gasteiger partial charge in [0.25, 0.3) is 0 Å². The Hall–Kier alpha value is -1.14. The van der Waals surface area contributed by atoms with Crippen molar-refractivity contribution in [3.05, 3.63) is 11.8 Å². The lowest BCUT2D eigenvalue weighted by Gasteiger charge is -2.06. The number of hydrogen-bond acceptors (Lipinski definition) is 5. The van der Waals surface area contributed by atoms with Crippen LogP contribution in [0.2, 0.25) is 0 Å². The van der Waals surface area contributed by atoms with Gasteiger partial charge in [0.15, 0.2) is 0 Å². The quantitative estimate of drug-likeness (QED) is 0.789. The maximum Gasteiger partial charge on any atom is 0.393 e. The summed E-state index contributed by atoms with van der Waals surface area (Å²) < 4.78 is 10.4. The lowest BCUT2D eigenvalue weighted by molar-refractivity contribution is 0.0387. The normalized spacial score (nSPS) is 25.7. The molecule has 2 heterocycles. The predicted octanol–water partition coefficient (Wildman–Crippen LogP) is 1.23. The first-order valence-electron chi connectivity index (χ1n) is 4.49. The number of carboxylic acids is 1. The third-order valence-corrected chi connectivity index (χ3v) is 2.52. The molecule has 0 radical (unpaired) electrons. The summed E-state index contributed by atoms with van der Waals surface area (Å²) in [6.45, 7) is 0. The summed E-state index contributed by atoms with van der Waals surface area (Å²) in [4.78, 5) is 10.5. The van der Waals surface area contributed by atoms with E-state index in [0.717, 1.165) is 12.8 Å². The van der Waals surface area contributed by atoms with E-state index in [9.17, 15) is 4.79 Å². The SMILES string of the molecule is O=C(O)c1nnc([C@@H]2CC[C@H](CCl)O2)o1. The second kappa shape index (κ2) is 4.16. The van der Waals surface area contributed by atoms with Crippen LogP contribution in [-0.4, -0.2) is 33.3 Å². The molecule has 1 N–H and O–H groups in total. The zero-order valence-corrected chi connectivity index (χ0v) is 8.48. The molecule has 0 unspecified atom stereocenters. The largest absolute Gasteiger partial charge is 0.474 e. The first kappa shape index (κ1) is 10.4. The van der Waals surface area contributed by atoms with Gasteiger partial charge < -0.3 is 14.3 Å². The van der Waals surface area contributed by atoms with E-state index in [1.807, 2.05) is 0 Å². The lowest BCUT2D eigenvalue weighted by atomic mass is 10.2. The van der Waals surface area contributed by atoms with Crippen LogP contribution in [0.1, 0.15) is 35.5 Å². The average molecular weight is 233 g/mol. The van der Waals surface area contributed by atoms with Gasteiger partial charge in [-0.05, 0) is 12.8 Å². The summed E-state index contributed by atoms with van der Waals surface area (Å²) >= 11 is 5.63. The average Bonchev–Trinajstić information content (AvgIpc) is 2.86. The van der Waals surface area contributed by atoms with Gasteiger partial charge >= 0.3 is 11.9 Å². The van der Waals surface area contributed by atoms with Gasteiger partial charge in [0.1, 0.15) is 6.10 Å². The molecular weight excluding hydrogens is 224 g/mol. The van der Waals surface area contributed by atoms with Crippen molar-refractivity contribution in [3.8, 4) is 0 Å². The molecule has 0 bridgehead atoms. The molecule has 0 saturated carbocycles. The molecule has 1 fully saturated rings. The zero-order chi connectivity index (χ0) is 10.8. The van der Waals surface area contributed by atoms with Gasteiger partial charge in [-0.2, -0.15) is 0 Å². The van der Waals surface area contributed by atoms with E-state index in [4.69, 9.17) is 25.9 Å². The molecule has 1 saturated heterocycles. The summed E-state index contributed by atoms with van der Waals surface area (Å²) in [5.41, 5.74) is 0. The highest BCUT2D eigenvalue weighted by Gasteiger charge is 2.30. The van der Waals surface area contributed by atoms with E-state index in [0.29, 0.717) is 5.88 Å². The molecule has 2 rings (SSSR count). The molecule has 2 atom stereocenters. The topological polar surface area (TPSA) is 85.5 Å². The number of alkyl halides is 1. The van der Waals surface area contributed by atoms with E-state index >= 15 is 0 Å². The van der Waals surface area contributed by atoms with Crippen molar-refractivity contribution in [1.29, 1.82) is 0 Å². The van der Waals surface area contributed by atoms with Crippen LogP contribution in [-0.2, 0) is 4.74 Å². The smallest absolute Gasteiger partial charge is 0.393 e. The second-order valence-electron chi connectivity index (χ2n) is 3.23. The summed E-state index contributed by atoms with van der Waals surface area (Å²) in [6, 6.07) is 0. The van der Waals surface area contributed by atoms with Crippen LogP contribution in [0.3, 0.4) is 0 Å². The van der Waals surface area contributed by atoms with E-state index in [1.54, 1.807) is 0 Å². The number of aromatic carboxylic acids is 1. The number of hydrogen-bond donors (Lipinski definition) is 1. The Bertz CT molecular complexity index is 367. The Balaban J connectivity index is 2.07. The molecule has 0 amide bonds. The van der Waals surface area contributed by atoms with Gasteiger partial charge in [-0.25, -0.2) is 4.79 Å². The molecular formula is C8H9ClN2O4. The summed E-state index contributed by atoms with van der Waals surface area (Å²) in [6.07, 6.45) is 1.20. The molecule has 1 aromatic heterocycles. The lowest BCUT2D eigenvalue weighted by Crippen LogP contribution is -2.07. The molecule has 82 valence electrons. The van der Waals surface area contributed by atoms with Crippen molar-refractivity contribution in [2.24, 2.45) is 0 Å². The van der Waals surface area contributed by atoms with Crippen molar-refractivity contribution in [1.82, 2.24) is 10.2 Å². The van der Waals surface area contributed by atoms with Gasteiger partial charge in [-0.15, -0.1) is 21.8 Å². The van der Waals surface area contributed by atoms with Gasteiger partial charge in [-0.1, -0.05) is 0 Å². The van der Waals surface area contributed by atoms with Crippen LogP contribution in [0.4, 0.5) is 0 Å². The summed E-state index contributed by atoms with van der Waals surface area (Å²) in [7, 11) is 0. The van der Waals surface area contributed by atoms with Crippen molar-refractivity contribution in [3.63, 3.8) is 0 Å². The molecule has 1 aliphatic heterocycles. The van der Waals surface area contributed by atoms with Crippen LogP contribution >= 0.6 is 11.6 Å². The van der Waals surface area contributed by atoms with Crippen LogP contribution in [0.25, 0.3) is 0 Å². The van der Waals surface area contributed by atoms with Crippen molar-refractivity contribution in [2.75, 3.05) is 5.88 Å². The maximum absolute atomic E-state index is 10.5. The molecule has 1 aliphatic rings. The molecule has 15 heavy (non-hydrogen) atoms. The number of rotatable bonds is 3. The van der Waals surface area contributed by atoms with Gasteiger partial charge in [0.2, 0.25) is 5.89 Å². The summed E-state index contributed by atoms with van der Waals surface area (Å²) in [5, 5.41) is 15.6. The maximum atomic E-state index is 10.5. The standard InChI is InChI=1S/C8H9ClN2O4/c9-3-4-1-2-5(14-4)6-10-11-7(15-6)8(12)13/h4-5H,1-3H2,(H,12,13)/t4-,5+/m1/s1. The predicted molar refractivity (Wildman–Crippen MR) is 48.8 cm³/mol. The van der Waals surface area contributed by atoms with Gasteiger partial charge in [0, 0.05) is 5.88 Å². The van der Waals surface area contributed by atoms with Crippen molar-refractivity contribution >= 4 is 17.6 Å². The molecule has 1 aromatic rings. The fourth-order valence-corrected chi connectivity index (χ4v) is 1.68. The second-order valence-corrected chi connectivity index (χ2v) is 3.54. The Morgan fingerprint density at radius 2 is 2.33 bits per heavy atom.